The lowest BCUT2D eigenvalue weighted by Crippen LogP contribution is -1.87. The average Bonchev–Trinajstić information content (AvgIpc) is 2.49. The molecule has 0 amide bonds. The third-order valence-corrected chi connectivity index (χ3v) is 3.11. The van der Waals surface area contributed by atoms with E-state index < -0.39 is 6.43 Å². The standard InChI is InChI=1S/C18H18F2O/c1-2-3-14-4-6-15(7-5-14)16-8-10-17(11-9-16)21-13-12-18(19)20/h4-13,18H,2-3H2,1H3. The van der Waals surface area contributed by atoms with Gasteiger partial charge in [0.05, 0.1) is 6.26 Å². The highest BCUT2D eigenvalue weighted by Crippen LogP contribution is 2.23. The molecule has 0 fully saturated rings. The molecule has 0 aliphatic rings. The normalized spacial score (nSPS) is 11.2. The number of halogens is 2. The van der Waals surface area contributed by atoms with Gasteiger partial charge in [-0.1, -0.05) is 49.7 Å². The van der Waals surface area contributed by atoms with Crippen molar-refractivity contribution in [1.29, 1.82) is 0 Å². The van der Waals surface area contributed by atoms with Crippen LogP contribution < -0.4 is 4.74 Å². The zero-order valence-electron chi connectivity index (χ0n) is 11.9. The molecule has 0 saturated heterocycles. The molecule has 0 unspecified atom stereocenters. The van der Waals surface area contributed by atoms with Gasteiger partial charge < -0.3 is 4.74 Å². The fraction of sp³-hybridized carbons (Fsp3) is 0.222. The summed E-state index contributed by atoms with van der Waals surface area (Å²) in [5, 5.41) is 0. The van der Waals surface area contributed by atoms with Gasteiger partial charge in [0.15, 0.2) is 0 Å². The average molecular weight is 288 g/mol. The Kier molecular flexibility index (Phi) is 5.50. The molecule has 0 saturated carbocycles. The molecule has 0 spiro atoms. The Morgan fingerprint density at radius 1 is 0.952 bits per heavy atom. The predicted molar refractivity (Wildman–Crippen MR) is 81.6 cm³/mol. The molecule has 3 heteroatoms. The van der Waals surface area contributed by atoms with Crippen molar-refractivity contribution in [3.63, 3.8) is 0 Å². The van der Waals surface area contributed by atoms with Crippen molar-refractivity contribution in [3.05, 3.63) is 66.4 Å². The molecule has 2 aromatic rings. The number of hydrogen-bond donors (Lipinski definition) is 0. The highest BCUT2D eigenvalue weighted by molar-refractivity contribution is 5.64. The lowest BCUT2D eigenvalue weighted by Gasteiger charge is -2.05. The Balaban J connectivity index is 2.04. The van der Waals surface area contributed by atoms with Gasteiger partial charge in [-0.3, -0.25) is 0 Å². The van der Waals surface area contributed by atoms with Crippen LogP contribution in [0.4, 0.5) is 8.78 Å². The molecule has 1 nitrogen and oxygen atoms in total. The van der Waals surface area contributed by atoms with Crippen LogP contribution in [0.3, 0.4) is 0 Å². The van der Waals surface area contributed by atoms with Gasteiger partial charge in [-0.15, -0.1) is 0 Å². The summed E-state index contributed by atoms with van der Waals surface area (Å²) in [5.41, 5.74) is 3.53. The molecule has 0 aliphatic carbocycles. The fourth-order valence-corrected chi connectivity index (χ4v) is 2.06. The second-order valence-electron chi connectivity index (χ2n) is 4.75. The summed E-state index contributed by atoms with van der Waals surface area (Å²) in [6.07, 6.45) is 1.45. The van der Waals surface area contributed by atoms with Crippen LogP contribution in [0.2, 0.25) is 0 Å². The Morgan fingerprint density at radius 2 is 1.52 bits per heavy atom. The fourth-order valence-electron chi connectivity index (χ4n) is 2.06. The minimum atomic E-state index is -2.49. The largest absolute Gasteiger partial charge is 0.465 e. The SMILES string of the molecule is CCCc1ccc(-c2ccc(OC=CC(F)F)cc2)cc1. The monoisotopic (exact) mass is 288 g/mol. The highest BCUT2D eigenvalue weighted by Gasteiger charge is 1.99. The van der Waals surface area contributed by atoms with E-state index in [9.17, 15) is 8.78 Å². The van der Waals surface area contributed by atoms with E-state index in [-0.39, 0.29) is 0 Å². The third kappa shape index (κ3) is 4.71. The summed E-state index contributed by atoms with van der Waals surface area (Å²) in [7, 11) is 0. The molecule has 0 N–H and O–H groups in total. The smallest absolute Gasteiger partial charge is 0.260 e. The van der Waals surface area contributed by atoms with Gasteiger partial charge in [0.25, 0.3) is 6.43 Å². The second-order valence-corrected chi connectivity index (χ2v) is 4.75. The van der Waals surface area contributed by atoms with Crippen LogP contribution in [0.5, 0.6) is 5.75 Å². The second kappa shape index (κ2) is 7.58. The molecule has 0 radical (unpaired) electrons. The first-order valence-electron chi connectivity index (χ1n) is 7.00. The number of ether oxygens (including phenoxy) is 1. The molecule has 0 bridgehead atoms. The first kappa shape index (κ1) is 15.2. The number of rotatable bonds is 6. The maximum Gasteiger partial charge on any atom is 0.260 e. The number of alkyl halides is 2. The van der Waals surface area contributed by atoms with Gasteiger partial charge in [-0.2, -0.15) is 0 Å². The predicted octanol–water partition coefficient (Wildman–Crippen LogP) is 5.46. The first-order chi connectivity index (χ1) is 10.2. The molecule has 2 rings (SSSR count). The van der Waals surface area contributed by atoms with Crippen molar-refractivity contribution >= 4 is 0 Å². The molecular formula is C18H18F2O. The van der Waals surface area contributed by atoms with Crippen LogP contribution in [0, 0.1) is 0 Å². The Hall–Kier alpha value is -2.16. The van der Waals surface area contributed by atoms with Gasteiger partial charge in [0.1, 0.15) is 5.75 Å². The molecule has 0 heterocycles. The Labute approximate surface area is 123 Å². The number of allylic oxidation sites excluding steroid dienone is 1. The number of hydrogen-bond acceptors (Lipinski definition) is 1. The maximum absolute atomic E-state index is 11.9. The van der Waals surface area contributed by atoms with Crippen molar-refractivity contribution in [2.24, 2.45) is 0 Å². The van der Waals surface area contributed by atoms with Crippen molar-refractivity contribution in [2.45, 2.75) is 26.2 Å². The summed E-state index contributed by atoms with van der Waals surface area (Å²) < 4.78 is 29.0. The van der Waals surface area contributed by atoms with Gasteiger partial charge in [-0.05, 0) is 35.2 Å². The van der Waals surface area contributed by atoms with Crippen molar-refractivity contribution in [2.75, 3.05) is 0 Å². The van der Waals surface area contributed by atoms with Crippen LogP contribution in [-0.2, 0) is 6.42 Å². The summed E-state index contributed by atoms with van der Waals surface area (Å²) in [4.78, 5) is 0. The minimum absolute atomic E-state index is 0.540. The first-order valence-corrected chi connectivity index (χ1v) is 7.00. The zero-order chi connectivity index (χ0) is 15.1. The summed E-state index contributed by atoms with van der Waals surface area (Å²) in [6, 6.07) is 15.8. The van der Waals surface area contributed by atoms with Crippen molar-refractivity contribution < 1.29 is 13.5 Å². The van der Waals surface area contributed by atoms with Gasteiger partial charge in [0, 0.05) is 6.08 Å². The Bertz CT molecular complexity index is 571. The van der Waals surface area contributed by atoms with Gasteiger partial charge >= 0.3 is 0 Å². The van der Waals surface area contributed by atoms with E-state index >= 15 is 0 Å². The van der Waals surface area contributed by atoms with Crippen molar-refractivity contribution in [3.8, 4) is 16.9 Å². The minimum Gasteiger partial charge on any atom is -0.465 e. The van der Waals surface area contributed by atoms with Crippen LogP contribution in [0.15, 0.2) is 60.9 Å². The van der Waals surface area contributed by atoms with E-state index in [1.807, 2.05) is 12.1 Å². The number of aryl methyl sites for hydroxylation is 1. The van der Waals surface area contributed by atoms with E-state index in [0.717, 1.165) is 30.2 Å². The van der Waals surface area contributed by atoms with E-state index in [2.05, 4.69) is 31.2 Å². The van der Waals surface area contributed by atoms with Crippen molar-refractivity contribution in [1.82, 2.24) is 0 Å². The zero-order valence-corrected chi connectivity index (χ0v) is 11.9. The maximum atomic E-state index is 11.9. The lowest BCUT2D eigenvalue weighted by molar-refractivity contribution is 0.201. The Morgan fingerprint density at radius 3 is 2.05 bits per heavy atom. The quantitative estimate of drug-likeness (QED) is 0.641. The van der Waals surface area contributed by atoms with Gasteiger partial charge in [-0.25, -0.2) is 8.78 Å². The summed E-state index contributed by atoms with van der Waals surface area (Å²) in [6.45, 7) is 2.16. The third-order valence-electron chi connectivity index (χ3n) is 3.11. The highest BCUT2D eigenvalue weighted by atomic mass is 19.3. The summed E-state index contributed by atoms with van der Waals surface area (Å²) >= 11 is 0. The van der Waals surface area contributed by atoms with Crippen LogP contribution >= 0.6 is 0 Å². The molecule has 0 aromatic heterocycles. The van der Waals surface area contributed by atoms with Crippen LogP contribution in [-0.4, -0.2) is 6.43 Å². The topological polar surface area (TPSA) is 9.23 Å². The molecule has 110 valence electrons. The van der Waals surface area contributed by atoms with E-state index in [1.165, 1.54) is 5.56 Å². The molecule has 0 aliphatic heterocycles. The van der Waals surface area contributed by atoms with Gasteiger partial charge in [0.2, 0.25) is 0 Å². The van der Waals surface area contributed by atoms with Crippen LogP contribution in [0.1, 0.15) is 18.9 Å². The molecule has 0 atom stereocenters. The molecule has 2 aromatic carbocycles. The van der Waals surface area contributed by atoms with E-state index in [0.29, 0.717) is 11.8 Å². The molecular weight excluding hydrogens is 270 g/mol. The number of benzene rings is 2. The lowest BCUT2D eigenvalue weighted by atomic mass is 10.0. The van der Waals surface area contributed by atoms with E-state index in [4.69, 9.17) is 4.74 Å². The molecule has 21 heavy (non-hydrogen) atoms. The van der Waals surface area contributed by atoms with E-state index in [1.54, 1.807) is 12.1 Å². The summed E-state index contributed by atoms with van der Waals surface area (Å²) in [5.74, 6) is 0.540. The van der Waals surface area contributed by atoms with Crippen LogP contribution in [0.25, 0.3) is 11.1 Å².